The van der Waals surface area contributed by atoms with E-state index in [9.17, 15) is 9.90 Å². The standard InChI is InChI=1S/C27H31N3O2/c31-19-25-27(23-11-9-21(10-12-23)8-7-20-5-6-20)24-18-29(14-1-2-15-30(24)25)26(32)16-22-4-3-13-28-17-22/h3-4,9-13,17,20,24-25,27,31H,1-2,5-6,14-16,18-19H2/t24-,25+,27+/m1/s1. The molecular weight excluding hydrogens is 398 g/mol. The normalized spacial score (nSPS) is 25.5. The van der Waals surface area contributed by atoms with Gasteiger partial charge >= 0.3 is 0 Å². The minimum atomic E-state index is 0.122. The summed E-state index contributed by atoms with van der Waals surface area (Å²) in [6.45, 7) is 2.65. The first-order valence-electron chi connectivity index (χ1n) is 11.9. The minimum Gasteiger partial charge on any atom is -0.395 e. The Balaban J connectivity index is 1.32. The first-order chi connectivity index (χ1) is 15.7. The van der Waals surface area contributed by atoms with Crippen LogP contribution in [0.4, 0.5) is 0 Å². The van der Waals surface area contributed by atoms with Crippen LogP contribution in [0.5, 0.6) is 0 Å². The molecule has 1 aromatic carbocycles. The lowest BCUT2D eigenvalue weighted by Gasteiger charge is -2.57. The van der Waals surface area contributed by atoms with Gasteiger partial charge in [0.25, 0.3) is 0 Å². The summed E-state index contributed by atoms with van der Waals surface area (Å²) in [7, 11) is 0. The predicted octanol–water partition coefficient (Wildman–Crippen LogP) is 2.84. The predicted molar refractivity (Wildman–Crippen MR) is 124 cm³/mol. The molecule has 5 heteroatoms. The molecule has 5 nitrogen and oxygen atoms in total. The van der Waals surface area contributed by atoms with Gasteiger partial charge in [-0.3, -0.25) is 14.7 Å². The molecule has 1 amide bonds. The zero-order valence-electron chi connectivity index (χ0n) is 18.5. The average Bonchev–Trinajstić information content (AvgIpc) is 3.63. The summed E-state index contributed by atoms with van der Waals surface area (Å²) in [5.74, 6) is 7.60. The summed E-state index contributed by atoms with van der Waals surface area (Å²) < 4.78 is 0. The van der Waals surface area contributed by atoms with E-state index < -0.39 is 0 Å². The third-order valence-electron chi connectivity index (χ3n) is 7.09. The first kappa shape index (κ1) is 21.2. The minimum absolute atomic E-state index is 0.122. The summed E-state index contributed by atoms with van der Waals surface area (Å²) >= 11 is 0. The Morgan fingerprint density at radius 1 is 1.12 bits per heavy atom. The molecule has 1 saturated carbocycles. The quantitative estimate of drug-likeness (QED) is 0.760. The van der Waals surface area contributed by atoms with E-state index in [-0.39, 0.29) is 30.5 Å². The van der Waals surface area contributed by atoms with E-state index in [1.54, 1.807) is 12.4 Å². The van der Waals surface area contributed by atoms with E-state index in [1.807, 2.05) is 17.0 Å². The fourth-order valence-corrected chi connectivity index (χ4v) is 5.16. The molecule has 0 unspecified atom stereocenters. The summed E-state index contributed by atoms with van der Waals surface area (Å²) in [6, 6.07) is 12.8. The monoisotopic (exact) mass is 429 g/mol. The fourth-order valence-electron chi connectivity index (χ4n) is 5.16. The van der Waals surface area contributed by atoms with E-state index in [0.717, 1.165) is 37.1 Å². The van der Waals surface area contributed by atoms with E-state index in [0.29, 0.717) is 18.9 Å². The molecule has 1 aliphatic carbocycles. The van der Waals surface area contributed by atoms with Crippen molar-refractivity contribution in [1.29, 1.82) is 0 Å². The molecule has 0 spiro atoms. The van der Waals surface area contributed by atoms with Crippen molar-refractivity contribution in [2.45, 2.75) is 50.1 Å². The van der Waals surface area contributed by atoms with Crippen LogP contribution >= 0.6 is 0 Å². The number of benzene rings is 1. The lowest BCUT2D eigenvalue weighted by Crippen LogP contribution is -2.68. The smallest absolute Gasteiger partial charge is 0.227 e. The second kappa shape index (κ2) is 9.44. The van der Waals surface area contributed by atoms with Crippen LogP contribution in [-0.2, 0) is 11.2 Å². The third kappa shape index (κ3) is 4.57. The molecule has 3 atom stereocenters. The van der Waals surface area contributed by atoms with Gasteiger partial charge in [0.1, 0.15) is 0 Å². The van der Waals surface area contributed by atoms with Crippen LogP contribution in [0.25, 0.3) is 0 Å². The number of aromatic nitrogens is 1. The van der Waals surface area contributed by atoms with Crippen molar-refractivity contribution in [2.75, 3.05) is 26.2 Å². The van der Waals surface area contributed by atoms with E-state index >= 15 is 0 Å². The van der Waals surface area contributed by atoms with Crippen molar-refractivity contribution in [3.05, 3.63) is 65.5 Å². The van der Waals surface area contributed by atoms with E-state index in [2.05, 4.69) is 46.0 Å². The van der Waals surface area contributed by atoms with Crippen molar-refractivity contribution in [3.8, 4) is 11.8 Å². The zero-order valence-corrected chi connectivity index (χ0v) is 18.5. The van der Waals surface area contributed by atoms with Crippen LogP contribution < -0.4 is 0 Å². The van der Waals surface area contributed by atoms with Gasteiger partial charge in [0.05, 0.1) is 13.0 Å². The van der Waals surface area contributed by atoms with Gasteiger partial charge in [0.2, 0.25) is 5.91 Å². The number of carbonyl (C=O) groups is 1. The zero-order chi connectivity index (χ0) is 21.9. The Morgan fingerprint density at radius 2 is 1.94 bits per heavy atom. The summed E-state index contributed by atoms with van der Waals surface area (Å²) in [4.78, 5) is 21.7. The average molecular weight is 430 g/mol. The van der Waals surface area contributed by atoms with E-state index in [1.165, 1.54) is 18.4 Å². The number of aliphatic hydroxyl groups excluding tert-OH is 1. The Morgan fingerprint density at radius 3 is 2.66 bits per heavy atom. The molecule has 3 heterocycles. The highest BCUT2D eigenvalue weighted by Gasteiger charge is 2.49. The number of aliphatic hydroxyl groups is 1. The van der Waals surface area contributed by atoms with Crippen LogP contribution in [0.15, 0.2) is 48.8 Å². The highest BCUT2D eigenvalue weighted by Crippen LogP contribution is 2.42. The van der Waals surface area contributed by atoms with E-state index in [4.69, 9.17) is 0 Å². The van der Waals surface area contributed by atoms with Crippen molar-refractivity contribution in [1.82, 2.24) is 14.8 Å². The van der Waals surface area contributed by atoms with Gasteiger partial charge in [0, 0.05) is 55.0 Å². The molecule has 3 fully saturated rings. The van der Waals surface area contributed by atoms with Gasteiger partial charge in [-0.1, -0.05) is 30.0 Å². The van der Waals surface area contributed by atoms with Gasteiger partial charge in [-0.2, -0.15) is 0 Å². The Bertz CT molecular complexity index is 991. The number of amides is 1. The Hall–Kier alpha value is -2.68. The highest BCUT2D eigenvalue weighted by atomic mass is 16.3. The number of nitrogens with zero attached hydrogens (tertiary/aromatic N) is 3. The maximum atomic E-state index is 13.1. The number of carbonyl (C=O) groups excluding carboxylic acids is 1. The molecule has 1 aromatic heterocycles. The number of hydrogen-bond donors (Lipinski definition) is 1. The van der Waals surface area contributed by atoms with Crippen LogP contribution in [0, 0.1) is 17.8 Å². The van der Waals surface area contributed by atoms with Crippen LogP contribution in [0.1, 0.15) is 48.3 Å². The van der Waals surface area contributed by atoms with Crippen molar-refractivity contribution < 1.29 is 9.90 Å². The van der Waals surface area contributed by atoms with Gasteiger partial charge in [-0.05, 0) is 61.6 Å². The Kier molecular flexibility index (Phi) is 6.25. The van der Waals surface area contributed by atoms with Crippen LogP contribution in [0.3, 0.4) is 0 Å². The second-order valence-electron chi connectivity index (χ2n) is 9.33. The maximum Gasteiger partial charge on any atom is 0.227 e. The van der Waals surface area contributed by atoms with Gasteiger partial charge in [-0.25, -0.2) is 0 Å². The summed E-state index contributed by atoms with van der Waals surface area (Å²) in [5, 5.41) is 10.1. The van der Waals surface area contributed by atoms with Crippen LogP contribution in [0.2, 0.25) is 0 Å². The van der Waals surface area contributed by atoms with Crippen LogP contribution in [-0.4, -0.2) is 64.1 Å². The summed E-state index contributed by atoms with van der Waals surface area (Å²) in [6.07, 6.45) is 8.42. The lowest BCUT2D eigenvalue weighted by atomic mass is 9.74. The van der Waals surface area contributed by atoms with Crippen molar-refractivity contribution >= 4 is 5.91 Å². The molecule has 2 aliphatic heterocycles. The maximum absolute atomic E-state index is 13.1. The molecular formula is C27H31N3O2. The molecule has 3 aliphatic rings. The largest absolute Gasteiger partial charge is 0.395 e. The SMILES string of the molecule is O=C(Cc1cccnc1)N1CCCCN2[C@H](C1)[C@H](c1ccc(C#CC3CC3)cc1)[C@@H]2CO. The second-order valence-corrected chi connectivity index (χ2v) is 9.33. The van der Waals surface area contributed by atoms with Gasteiger partial charge < -0.3 is 10.0 Å². The van der Waals surface area contributed by atoms with Gasteiger partial charge in [0.15, 0.2) is 0 Å². The van der Waals surface area contributed by atoms with Crippen molar-refractivity contribution in [3.63, 3.8) is 0 Å². The molecule has 32 heavy (non-hydrogen) atoms. The number of hydrogen-bond acceptors (Lipinski definition) is 4. The highest BCUT2D eigenvalue weighted by molar-refractivity contribution is 5.78. The fraction of sp³-hybridized carbons (Fsp3) is 0.481. The third-order valence-corrected chi connectivity index (χ3v) is 7.09. The van der Waals surface area contributed by atoms with Gasteiger partial charge in [-0.15, -0.1) is 0 Å². The molecule has 0 radical (unpaired) electrons. The molecule has 1 N–H and O–H groups in total. The lowest BCUT2D eigenvalue weighted by molar-refractivity contribution is -0.135. The molecule has 2 aromatic rings. The number of fused-ring (bicyclic) bond motifs is 1. The topological polar surface area (TPSA) is 56.7 Å². The van der Waals surface area contributed by atoms with Crippen molar-refractivity contribution in [2.24, 2.45) is 5.92 Å². The number of pyridine rings is 1. The molecule has 0 bridgehead atoms. The molecule has 166 valence electrons. The first-order valence-corrected chi connectivity index (χ1v) is 11.9. The number of rotatable bonds is 4. The molecule has 2 saturated heterocycles. The molecule has 5 rings (SSSR count). The Labute approximate surface area is 190 Å². The summed E-state index contributed by atoms with van der Waals surface area (Å²) in [5.41, 5.74) is 3.25.